The van der Waals surface area contributed by atoms with Gasteiger partial charge >= 0.3 is 0 Å². The number of carbonyl (C=O) groups is 1. The van der Waals surface area contributed by atoms with Crippen LogP contribution in [0.1, 0.15) is 17.3 Å². The molecule has 0 atom stereocenters. The number of anilines is 1. The molecule has 7 heteroatoms. The van der Waals surface area contributed by atoms with Crippen LogP contribution in [0.2, 0.25) is 0 Å². The third kappa shape index (κ3) is 3.20. The maximum atomic E-state index is 12.8. The highest BCUT2D eigenvalue weighted by molar-refractivity contribution is 5.97. The lowest BCUT2D eigenvalue weighted by atomic mass is 10.1. The van der Waals surface area contributed by atoms with Crippen LogP contribution in [0.4, 0.5) is 5.82 Å². The fraction of sp³-hybridized carbons (Fsp3) is 0.316. The van der Waals surface area contributed by atoms with Crippen LogP contribution in [0.5, 0.6) is 5.88 Å². The molecule has 3 heterocycles. The Labute approximate surface area is 151 Å². The van der Waals surface area contributed by atoms with Gasteiger partial charge in [0.2, 0.25) is 5.88 Å². The van der Waals surface area contributed by atoms with Gasteiger partial charge in [0.1, 0.15) is 5.82 Å². The number of aromatic amines is 1. The summed E-state index contributed by atoms with van der Waals surface area (Å²) in [5, 5.41) is 0. The van der Waals surface area contributed by atoms with Crippen LogP contribution in [0, 0.1) is 0 Å². The predicted octanol–water partition coefficient (Wildman–Crippen LogP) is 2.32. The summed E-state index contributed by atoms with van der Waals surface area (Å²) in [4.78, 5) is 28.6. The monoisotopic (exact) mass is 351 g/mol. The van der Waals surface area contributed by atoms with Crippen LogP contribution < -0.4 is 9.64 Å². The molecule has 4 rings (SSSR count). The SMILES string of the molecule is CCOc1cccc(N2CCN(C(=O)c3ccc4nc[nH]c4c3)CC2)n1. The van der Waals surface area contributed by atoms with Gasteiger partial charge in [-0.2, -0.15) is 4.98 Å². The van der Waals surface area contributed by atoms with Crippen molar-refractivity contribution < 1.29 is 9.53 Å². The normalized spacial score (nSPS) is 14.7. The maximum Gasteiger partial charge on any atom is 0.254 e. The van der Waals surface area contributed by atoms with Gasteiger partial charge in [0.25, 0.3) is 5.91 Å². The predicted molar refractivity (Wildman–Crippen MR) is 99.6 cm³/mol. The Hall–Kier alpha value is -3.09. The first-order valence-corrected chi connectivity index (χ1v) is 8.82. The van der Waals surface area contributed by atoms with Crippen molar-refractivity contribution >= 4 is 22.8 Å². The number of nitrogens with zero attached hydrogens (tertiary/aromatic N) is 4. The van der Waals surface area contributed by atoms with E-state index in [0.717, 1.165) is 29.9 Å². The zero-order valence-electron chi connectivity index (χ0n) is 14.7. The number of hydrogen-bond acceptors (Lipinski definition) is 5. The molecular weight excluding hydrogens is 330 g/mol. The Morgan fingerprint density at radius 1 is 1.19 bits per heavy atom. The molecule has 1 fully saturated rings. The second kappa shape index (κ2) is 7.03. The second-order valence-electron chi connectivity index (χ2n) is 6.18. The lowest BCUT2D eigenvalue weighted by molar-refractivity contribution is 0.0746. The van der Waals surface area contributed by atoms with Crippen LogP contribution in [-0.4, -0.2) is 58.5 Å². The number of H-pyrrole nitrogens is 1. The highest BCUT2D eigenvalue weighted by atomic mass is 16.5. The van der Waals surface area contributed by atoms with Crippen molar-refractivity contribution in [2.24, 2.45) is 0 Å². The van der Waals surface area contributed by atoms with Gasteiger partial charge in [-0.05, 0) is 31.2 Å². The number of imidazole rings is 1. The summed E-state index contributed by atoms with van der Waals surface area (Å²) < 4.78 is 5.47. The first kappa shape index (κ1) is 16.4. The van der Waals surface area contributed by atoms with Gasteiger partial charge in [-0.3, -0.25) is 4.79 Å². The van der Waals surface area contributed by atoms with Gasteiger partial charge in [-0.1, -0.05) is 6.07 Å². The van der Waals surface area contributed by atoms with Crippen LogP contribution in [0.15, 0.2) is 42.7 Å². The third-order valence-corrected chi connectivity index (χ3v) is 4.56. The molecule has 1 amide bonds. The molecule has 1 aliphatic rings. The van der Waals surface area contributed by atoms with Crippen LogP contribution in [0.25, 0.3) is 11.0 Å². The topological polar surface area (TPSA) is 74.3 Å². The number of pyridine rings is 1. The molecule has 3 aromatic rings. The maximum absolute atomic E-state index is 12.8. The van der Waals surface area contributed by atoms with Crippen molar-refractivity contribution in [3.05, 3.63) is 48.3 Å². The van der Waals surface area contributed by atoms with E-state index in [9.17, 15) is 4.79 Å². The number of hydrogen-bond donors (Lipinski definition) is 1. The minimum Gasteiger partial charge on any atom is -0.478 e. The van der Waals surface area contributed by atoms with E-state index in [4.69, 9.17) is 4.74 Å². The van der Waals surface area contributed by atoms with Gasteiger partial charge in [-0.15, -0.1) is 0 Å². The number of fused-ring (bicyclic) bond motifs is 1. The molecule has 0 aliphatic carbocycles. The number of benzene rings is 1. The molecule has 26 heavy (non-hydrogen) atoms. The summed E-state index contributed by atoms with van der Waals surface area (Å²) >= 11 is 0. The first-order valence-electron chi connectivity index (χ1n) is 8.82. The van der Waals surface area contributed by atoms with E-state index in [1.165, 1.54) is 0 Å². The van der Waals surface area contributed by atoms with Gasteiger partial charge in [0, 0.05) is 37.8 Å². The first-order chi connectivity index (χ1) is 12.7. The number of ether oxygens (including phenoxy) is 1. The fourth-order valence-corrected chi connectivity index (χ4v) is 3.20. The standard InChI is InChI=1S/C19H21N5O2/c1-2-26-18-5-3-4-17(22-18)23-8-10-24(11-9-23)19(25)14-6-7-15-16(12-14)21-13-20-15/h3-7,12-13H,2,8-11H2,1H3,(H,20,21). The highest BCUT2D eigenvalue weighted by Gasteiger charge is 2.23. The number of nitrogens with one attached hydrogen (secondary N) is 1. The minimum atomic E-state index is 0.0529. The lowest BCUT2D eigenvalue weighted by Crippen LogP contribution is -2.49. The summed E-state index contributed by atoms with van der Waals surface area (Å²) in [6.07, 6.45) is 1.64. The smallest absolute Gasteiger partial charge is 0.254 e. The summed E-state index contributed by atoms with van der Waals surface area (Å²) in [5.74, 6) is 1.58. The van der Waals surface area contributed by atoms with Gasteiger partial charge < -0.3 is 19.5 Å². The molecule has 2 aromatic heterocycles. The highest BCUT2D eigenvalue weighted by Crippen LogP contribution is 2.19. The number of amides is 1. The Kier molecular flexibility index (Phi) is 4.43. The molecule has 7 nitrogen and oxygen atoms in total. The summed E-state index contributed by atoms with van der Waals surface area (Å²) in [7, 11) is 0. The molecule has 1 N–H and O–H groups in total. The Morgan fingerprint density at radius 3 is 2.85 bits per heavy atom. The largest absolute Gasteiger partial charge is 0.478 e. The Morgan fingerprint density at radius 2 is 2.04 bits per heavy atom. The minimum absolute atomic E-state index is 0.0529. The van der Waals surface area contributed by atoms with Crippen LogP contribution in [-0.2, 0) is 0 Å². The molecule has 134 valence electrons. The number of rotatable bonds is 4. The van der Waals surface area contributed by atoms with Crippen molar-refractivity contribution in [3.8, 4) is 5.88 Å². The molecule has 1 aliphatic heterocycles. The van der Waals surface area contributed by atoms with Crippen LogP contribution >= 0.6 is 0 Å². The summed E-state index contributed by atoms with van der Waals surface area (Å²) in [6, 6.07) is 11.4. The van der Waals surface area contributed by atoms with E-state index in [1.54, 1.807) is 6.33 Å². The number of piperazine rings is 1. The average Bonchev–Trinajstić information content (AvgIpc) is 3.16. The molecule has 0 saturated carbocycles. The van der Waals surface area contributed by atoms with E-state index < -0.39 is 0 Å². The van der Waals surface area contributed by atoms with Crippen LogP contribution in [0.3, 0.4) is 0 Å². The van der Waals surface area contributed by atoms with E-state index in [-0.39, 0.29) is 5.91 Å². The average molecular weight is 351 g/mol. The van der Waals surface area contributed by atoms with Crippen molar-refractivity contribution in [1.29, 1.82) is 0 Å². The quantitative estimate of drug-likeness (QED) is 0.781. The van der Waals surface area contributed by atoms with Gasteiger partial charge in [0.05, 0.1) is 24.0 Å². The van der Waals surface area contributed by atoms with E-state index >= 15 is 0 Å². The fourth-order valence-electron chi connectivity index (χ4n) is 3.20. The molecule has 0 radical (unpaired) electrons. The zero-order chi connectivity index (χ0) is 17.9. The number of aromatic nitrogens is 3. The molecule has 1 saturated heterocycles. The van der Waals surface area contributed by atoms with Crippen molar-refractivity contribution in [1.82, 2.24) is 19.9 Å². The second-order valence-corrected chi connectivity index (χ2v) is 6.18. The van der Waals surface area contributed by atoms with E-state index in [2.05, 4.69) is 19.9 Å². The molecule has 1 aromatic carbocycles. The Bertz CT molecular complexity index is 915. The zero-order valence-corrected chi connectivity index (χ0v) is 14.7. The molecular formula is C19H21N5O2. The van der Waals surface area contributed by atoms with E-state index in [1.807, 2.05) is 48.2 Å². The number of carbonyl (C=O) groups excluding carboxylic acids is 1. The lowest BCUT2D eigenvalue weighted by Gasteiger charge is -2.35. The van der Waals surface area contributed by atoms with E-state index in [0.29, 0.717) is 31.1 Å². The van der Waals surface area contributed by atoms with Gasteiger partial charge in [0.15, 0.2) is 0 Å². The van der Waals surface area contributed by atoms with Crippen molar-refractivity contribution in [3.63, 3.8) is 0 Å². The summed E-state index contributed by atoms with van der Waals surface area (Å²) in [6.45, 7) is 5.38. The third-order valence-electron chi connectivity index (χ3n) is 4.56. The summed E-state index contributed by atoms with van der Waals surface area (Å²) in [5.41, 5.74) is 2.43. The Balaban J connectivity index is 1.42. The van der Waals surface area contributed by atoms with Gasteiger partial charge in [-0.25, -0.2) is 4.98 Å². The van der Waals surface area contributed by atoms with Crippen molar-refractivity contribution in [2.75, 3.05) is 37.7 Å². The molecule has 0 bridgehead atoms. The molecule has 0 unspecified atom stereocenters. The van der Waals surface area contributed by atoms with Crippen molar-refractivity contribution in [2.45, 2.75) is 6.92 Å². The molecule has 0 spiro atoms.